The van der Waals surface area contributed by atoms with Crippen molar-refractivity contribution in [2.24, 2.45) is 0 Å². The molecule has 22 heavy (non-hydrogen) atoms. The molecule has 120 valence electrons. The number of nitrogens with one attached hydrogen (secondary N) is 1. The van der Waals surface area contributed by atoms with Crippen LogP contribution in [0.4, 0.5) is 18.9 Å². The van der Waals surface area contributed by atoms with Gasteiger partial charge in [0.15, 0.2) is 0 Å². The highest BCUT2D eigenvalue weighted by Crippen LogP contribution is 2.31. The van der Waals surface area contributed by atoms with E-state index in [1.165, 1.54) is 15.5 Å². The van der Waals surface area contributed by atoms with Gasteiger partial charge in [0.05, 0.1) is 4.88 Å². The lowest BCUT2D eigenvalue weighted by Crippen LogP contribution is -2.25. The molecule has 0 saturated heterocycles. The Morgan fingerprint density at radius 2 is 1.91 bits per heavy atom. The molecule has 0 atom stereocenters. The van der Waals surface area contributed by atoms with Crippen LogP contribution in [0.2, 0.25) is 0 Å². The minimum Gasteiger partial charge on any atom is -0.371 e. The zero-order valence-corrected chi connectivity index (χ0v) is 12.9. The van der Waals surface area contributed by atoms with Crippen molar-refractivity contribution in [3.8, 4) is 10.4 Å². The smallest absolute Gasteiger partial charge is 0.371 e. The largest absolute Gasteiger partial charge is 0.405 e. The van der Waals surface area contributed by atoms with E-state index in [1.54, 1.807) is 24.3 Å². The Balaban J connectivity index is 2.39. The summed E-state index contributed by atoms with van der Waals surface area (Å²) in [7, 11) is 0. The van der Waals surface area contributed by atoms with Gasteiger partial charge in [-0.3, -0.25) is 8.75 Å². The first-order chi connectivity index (χ1) is 10.4. The molecule has 0 radical (unpaired) electrons. The van der Waals surface area contributed by atoms with Crippen molar-refractivity contribution >= 4 is 17.2 Å². The summed E-state index contributed by atoms with van der Waals surface area (Å²) in [6.07, 6.45) is -2.64. The number of hydrogen-bond donors (Lipinski definition) is 1. The summed E-state index contributed by atoms with van der Waals surface area (Å²) in [6, 6.07) is 8.98. The maximum Gasteiger partial charge on any atom is 0.405 e. The molecule has 1 heterocycles. The number of alkyl halides is 3. The molecule has 3 nitrogen and oxygen atoms in total. The Morgan fingerprint density at radius 1 is 1.23 bits per heavy atom. The number of unbranched alkanes of at least 4 members (excludes halogenated alkanes) is 1. The van der Waals surface area contributed by atoms with Crippen LogP contribution in [-0.2, 0) is 6.54 Å². The molecule has 7 heteroatoms. The van der Waals surface area contributed by atoms with Gasteiger partial charge in [0, 0.05) is 6.54 Å². The average Bonchev–Trinajstić information content (AvgIpc) is 2.79. The van der Waals surface area contributed by atoms with Crippen molar-refractivity contribution in [1.82, 2.24) is 3.96 Å². The van der Waals surface area contributed by atoms with E-state index in [-0.39, 0.29) is 11.2 Å². The molecule has 1 N–H and O–H groups in total. The number of aromatic nitrogens is 1. The molecule has 0 fully saturated rings. The molecule has 2 rings (SSSR count). The summed E-state index contributed by atoms with van der Waals surface area (Å²) in [5.74, 6) is 0. The Hall–Kier alpha value is -1.76. The van der Waals surface area contributed by atoms with Crippen LogP contribution >= 0.6 is 11.5 Å². The van der Waals surface area contributed by atoms with Gasteiger partial charge in [-0.05, 0) is 12.0 Å². The lowest BCUT2D eigenvalue weighted by molar-refractivity contribution is -0.115. The summed E-state index contributed by atoms with van der Waals surface area (Å²) >= 11 is 1.20. The molecule has 0 amide bonds. The molecule has 1 aromatic heterocycles. The zero-order chi connectivity index (χ0) is 16.2. The van der Waals surface area contributed by atoms with Crippen LogP contribution in [0.5, 0.6) is 0 Å². The van der Waals surface area contributed by atoms with Gasteiger partial charge in [-0.15, -0.1) is 0 Å². The molecule has 0 bridgehead atoms. The highest BCUT2D eigenvalue weighted by Gasteiger charge is 2.28. The Labute approximate surface area is 130 Å². The van der Waals surface area contributed by atoms with E-state index in [2.05, 4.69) is 5.32 Å². The highest BCUT2D eigenvalue weighted by atomic mass is 32.1. The molecule has 0 saturated carbocycles. The first-order valence-corrected chi connectivity index (χ1v) is 7.80. The molecular formula is C15H17F3N2OS. The summed E-state index contributed by atoms with van der Waals surface area (Å²) in [6.45, 7) is 1.31. The first kappa shape index (κ1) is 16.6. The third-order valence-electron chi connectivity index (χ3n) is 3.09. The van der Waals surface area contributed by atoms with Crippen molar-refractivity contribution in [2.45, 2.75) is 32.5 Å². The van der Waals surface area contributed by atoms with Gasteiger partial charge in [-0.25, -0.2) is 0 Å². The van der Waals surface area contributed by atoms with Gasteiger partial charge in [0.2, 0.25) is 0 Å². The van der Waals surface area contributed by atoms with Gasteiger partial charge in [-0.1, -0.05) is 55.2 Å². The lowest BCUT2D eigenvalue weighted by atomic mass is 10.2. The second-order valence-corrected chi connectivity index (χ2v) is 5.92. The van der Waals surface area contributed by atoms with Crippen LogP contribution in [-0.4, -0.2) is 16.7 Å². The normalized spacial score (nSPS) is 11.6. The maximum atomic E-state index is 12.4. The molecular weight excluding hydrogens is 313 g/mol. The van der Waals surface area contributed by atoms with E-state index in [0.29, 0.717) is 11.4 Å². The number of aryl methyl sites for hydroxylation is 1. The lowest BCUT2D eigenvalue weighted by Gasteiger charge is -2.08. The van der Waals surface area contributed by atoms with E-state index in [1.807, 2.05) is 13.0 Å². The van der Waals surface area contributed by atoms with E-state index < -0.39 is 12.7 Å². The van der Waals surface area contributed by atoms with E-state index in [9.17, 15) is 18.0 Å². The predicted molar refractivity (Wildman–Crippen MR) is 83.5 cm³/mol. The molecule has 0 aliphatic rings. The van der Waals surface area contributed by atoms with Crippen molar-refractivity contribution < 1.29 is 13.2 Å². The molecule has 2 aromatic rings. The maximum absolute atomic E-state index is 12.4. The summed E-state index contributed by atoms with van der Waals surface area (Å²) < 4.78 is 38.9. The van der Waals surface area contributed by atoms with Crippen LogP contribution in [0.25, 0.3) is 10.4 Å². The fourth-order valence-corrected chi connectivity index (χ4v) is 3.11. The van der Waals surface area contributed by atoms with Gasteiger partial charge in [0.1, 0.15) is 12.2 Å². The highest BCUT2D eigenvalue weighted by molar-refractivity contribution is 7.10. The van der Waals surface area contributed by atoms with Crippen molar-refractivity contribution in [2.75, 3.05) is 11.9 Å². The molecule has 0 aliphatic heterocycles. The molecule has 0 unspecified atom stereocenters. The number of anilines is 1. The van der Waals surface area contributed by atoms with E-state index >= 15 is 0 Å². The second-order valence-electron chi connectivity index (χ2n) is 4.89. The number of rotatable bonds is 6. The van der Waals surface area contributed by atoms with E-state index in [4.69, 9.17) is 0 Å². The van der Waals surface area contributed by atoms with Crippen LogP contribution < -0.4 is 10.9 Å². The minimum atomic E-state index is -4.36. The minimum absolute atomic E-state index is 0.0321. The summed E-state index contributed by atoms with van der Waals surface area (Å²) in [4.78, 5) is 12.9. The topological polar surface area (TPSA) is 34.0 Å². The first-order valence-electron chi connectivity index (χ1n) is 7.02. The second kappa shape index (κ2) is 7.00. The SMILES string of the molecule is CCCCn1sc(-c2ccccc2)c(NCC(F)(F)F)c1=O. The van der Waals surface area contributed by atoms with Crippen molar-refractivity contribution in [3.63, 3.8) is 0 Å². The van der Waals surface area contributed by atoms with Crippen molar-refractivity contribution in [1.29, 1.82) is 0 Å². The van der Waals surface area contributed by atoms with Crippen LogP contribution in [0.3, 0.4) is 0 Å². The van der Waals surface area contributed by atoms with Crippen LogP contribution in [0, 0.1) is 0 Å². The number of halogens is 3. The summed E-state index contributed by atoms with van der Waals surface area (Å²) in [5.41, 5.74) is 0.385. The fourth-order valence-electron chi connectivity index (χ4n) is 2.00. The number of benzene rings is 1. The van der Waals surface area contributed by atoms with Crippen LogP contribution in [0.15, 0.2) is 35.1 Å². The van der Waals surface area contributed by atoms with Gasteiger partial charge < -0.3 is 5.32 Å². The Bertz CT molecular complexity index is 662. The molecule has 1 aromatic carbocycles. The monoisotopic (exact) mass is 330 g/mol. The van der Waals surface area contributed by atoms with Gasteiger partial charge in [-0.2, -0.15) is 13.2 Å². The number of hydrogen-bond acceptors (Lipinski definition) is 3. The Morgan fingerprint density at radius 3 is 2.50 bits per heavy atom. The third-order valence-corrected chi connectivity index (χ3v) is 4.28. The standard InChI is InChI=1S/C15H17F3N2OS/c1-2-3-9-20-14(21)12(19-10-15(16,17)18)13(22-20)11-7-5-4-6-8-11/h4-8,19H,2-3,9-10H2,1H3. The predicted octanol–water partition coefficient (Wildman–Crippen LogP) is 4.35. The quantitative estimate of drug-likeness (QED) is 0.854. The third kappa shape index (κ3) is 4.13. The number of nitrogens with zero attached hydrogens (tertiary/aromatic N) is 1. The van der Waals surface area contributed by atoms with Gasteiger partial charge >= 0.3 is 6.18 Å². The van der Waals surface area contributed by atoms with Gasteiger partial charge in [0.25, 0.3) is 5.56 Å². The Kier molecular flexibility index (Phi) is 5.28. The van der Waals surface area contributed by atoms with Crippen molar-refractivity contribution in [3.05, 3.63) is 40.7 Å². The molecule has 0 spiro atoms. The fraction of sp³-hybridized carbons (Fsp3) is 0.400. The van der Waals surface area contributed by atoms with Crippen LogP contribution in [0.1, 0.15) is 19.8 Å². The van der Waals surface area contributed by atoms with E-state index in [0.717, 1.165) is 18.4 Å². The summed E-state index contributed by atoms with van der Waals surface area (Å²) in [5, 5.41) is 2.27. The average molecular weight is 330 g/mol. The zero-order valence-electron chi connectivity index (χ0n) is 12.1. The molecule has 0 aliphatic carbocycles.